The number of aryl methyl sites for hydroxylation is 1. The topological polar surface area (TPSA) is 38.2 Å². The Hall–Kier alpha value is -1.76. The average molecular weight is 311 g/mol. The predicted octanol–water partition coefficient (Wildman–Crippen LogP) is 3.17. The Morgan fingerprint density at radius 1 is 1.29 bits per heavy atom. The summed E-state index contributed by atoms with van der Waals surface area (Å²) in [6, 6.07) is 3.39. The molecule has 0 bridgehead atoms. The monoisotopic (exact) mass is 311 g/mol. The van der Waals surface area contributed by atoms with Gasteiger partial charge in [-0.05, 0) is 19.1 Å². The molecular formula is C14H15F2N3OS. The SMILES string of the molecule is Cc1nsc(N2CCC(Oc3ccc(F)cc3F)CC2)n1. The molecule has 0 unspecified atom stereocenters. The Balaban J connectivity index is 1.58. The molecule has 0 saturated carbocycles. The summed E-state index contributed by atoms with van der Waals surface area (Å²) in [5.41, 5.74) is 0. The second-order valence-electron chi connectivity index (χ2n) is 5.00. The second-order valence-corrected chi connectivity index (χ2v) is 5.73. The van der Waals surface area contributed by atoms with Gasteiger partial charge in [-0.2, -0.15) is 4.37 Å². The molecule has 2 heterocycles. The molecule has 112 valence electrons. The molecule has 21 heavy (non-hydrogen) atoms. The number of hydrogen-bond donors (Lipinski definition) is 0. The lowest BCUT2D eigenvalue weighted by Crippen LogP contribution is -2.38. The lowest BCUT2D eigenvalue weighted by Gasteiger charge is -2.31. The van der Waals surface area contributed by atoms with E-state index in [4.69, 9.17) is 4.74 Å². The van der Waals surface area contributed by atoms with Crippen LogP contribution in [0, 0.1) is 18.6 Å². The lowest BCUT2D eigenvalue weighted by atomic mass is 10.1. The Bertz CT molecular complexity index is 626. The van der Waals surface area contributed by atoms with Gasteiger partial charge in [-0.1, -0.05) is 0 Å². The van der Waals surface area contributed by atoms with Crippen LogP contribution in [0.1, 0.15) is 18.7 Å². The molecule has 1 aliphatic heterocycles. The van der Waals surface area contributed by atoms with Crippen molar-refractivity contribution >= 4 is 16.7 Å². The van der Waals surface area contributed by atoms with Crippen LogP contribution in [-0.4, -0.2) is 28.6 Å². The molecule has 3 rings (SSSR count). The Kier molecular flexibility index (Phi) is 4.01. The number of rotatable bonds is 3. The summed E-state index contributed by atoms with van der Waals surface area (Å²) < 4.78 is 36.2. The van der Waals surface area contributed by atoms with Crippen LogP contribution in [0.4, 0.5) is 13.9 Å². The van der Waals surface area contributed by atoms with Crippen molar-refractivity contribution in [3.63, 3.8) is 0 Å². The van der Waals surface area contributed by atoms with Gasteiger partial charge in [-0.15, -0.1) is 0 Å². The van der Waals surface area contributed by atoms with Crippen molar-refractivity contribution in [1.29, 1.82) is 0 Å². The van der Waals surface area contributed by atoms with Gasteiger partial charge in [0.1, 0.15) is 17.7 Å². The number of hydrogen-bond acceptors (Lipinski definition) is 5. The summed E-state index contributed by atoms with van der Waals surface area (Å²) in [6.07, 6.45) is 1.49. The number of piperidine rings is 1. The summed E-state index contributed by atoms with van der Waals surface area (Å²) in [7, 11) is 0. The van der Waals surface area contributed by atoms with Crippen molar-refractivity contribution in [2.24, 2.45) is 0 Å². The van der Waals surface area contributed by atoms with E-state index in [9.17, 15) is 8.78 Å². The van der Waals surface area contributed by atoms with Gasteiger partial charge >= 0.3 is 0 Å². The zero-order chi connectivity index (χ0) is 14.8. The van der Waals surface area contributed by atoms with Gasteiger partial charge < -0.3 is 9.64 Å². The van der Waals surface area contributed by atoms with Crippen LogP contribution in [0.5, 0.6) is 5.75 Å². The fourth-order valence-electron chi connectivity index (χ4n) is 2.33. The number of anilines is 1. The lowest BCUT2D eigenvalue weighted by molar-refractivity contribution is 0.163. The predicted molar refractivity (Wildman–Crippen MR) is 76.9 cm³/mol. The maximum absolute atomic E-state index is 13.6. The normalized spacial score (nSPS) is 16.2. The van der Waals surface area contributed by atoms with E-state index >= 15 is 0 Å². The minimum Gasteiger partial charge on any atom is -0.487 e. The van der Waals surface area contributed by atoms with Crippen LogP contribution in [0.2, 0.25) is 0 Å². The van der Waals surface area contributed by atoms with Crippen molar-refractivity contribution < 1.29 is 13.5 Å². The first-order chi connectivity index (χ1) is 10.1. The summed E-state index contributed by atoms with van der Waals surface area (Å²) in [5, 5.41) is 0.916. The molecule has 1 aromatic heterocycles. The van der Waals surface area contributed by atoms with Crippen LogP contribution in [0.15, 0.2) is 18.2 Å². The number of halogens is 2. The number of aromatic nitrogens is 2. The van der Waals surface area contributed by atoms with Crippen molar-refractivity contribution in [2.75, 3.05) is 18.0 Å². The van der Waals surface area contributed by atoms with Gasteiger partial charge in [-0.25, -0.2) is 13.8 Å². The highest BCUT2D eigenvalue weighted by Gasteiger charge is 2.23. The van der Waals surface area contributed by atoms with Crippen LogP contribution in [0.3, 0.4) is 0 Å². The maximum atomic E-state index is 13.6. The van der Waals surface area contributed by atoms with Crippen molar-refractivity contribution in [3.05, 3.63) is 35.7 Å². The molecule has 4 nitrogen and oxygen atoms in total. The van der Waals surface area contributed by atoms with Crippen LogP contribution in [0.25, 0.3) is 0 Å². The van der Waals surface area contributed by atoms with E-state index in [1.165, 1.54) is 23.7 Å². The molecule has 1 saturated heterocycles. The maximum Gasteiger partial charge on any atom is 0.205 e. The molecule has 0 amide bonds. The van der Waals surface area contributed by atoms with E-state index in [-0.39, 0.29) is 11.9 Å². The van der Waals surface area contributed by atoms with Gasteiger partial charge in [0.25, 0.3) is 0 Å². The summed E-state index contributed by atoms with van der Waals surface area (Å²) in [6.45, 7) is 3.46. The standard InChI is InChI=1S/C14H15F2N3OS/c1-9-17-14(21-18-9)19-6-4-11(5-7-19)20-13-3-2-10(15)8-12(13)16/h2-3,8,11H,4-7H2,1H3. The van der Waals surface area contributed by atoms with E-state index in [0.29, 0.717) is 0 Å². The molecular weight excluding hydrogens is 296 g/mol. The zero-order valence-electron chi connectivity index (χ0n) is 11.6. The first-order valence-electron chi connectivity index (χ1n) is 6.79. The van der Waals surface area contributed by atoms with E-state index in [1.54, 1.807) is 0 Å². The van der Waals surface area contributed by atoms with Gasteiger partial charge in [0, 0.05) is 43.5 Å². The molecule has 0 aliphatic carbocycles. The Labute approximate surface area is 125 Å². The fraction of sp³-hybridized carbons (Fsp3) is 0.429. The number of benzene rings is 1. The number of nitrogens with zero attached hydrogens (tertiary/aromatic N) is 3. The van der Waals surface area contributed by atoms with E-state index in [2.05, 4.69) is 14.3 Å². The van der Waals surface area contributed by atoms with E-state index in [1.807, 2.05) is 6.92 Å². The largest absolute Gasteiger partial charge is 0.487 e. The molecule has 1 aliphatic rings. The molecule has 0 N–H and O–H groups in total. The van der Waals surface area contributed by atoms with Crippen molar-refractivity contribution in [3.8, 4) is 5.75 Å². The molecule has 7 heteroatoms. The van der Waals surface area contributed by atoms with Gasteiger partial charge in [-0.3, -0.25) is 0 Å². The van der Waals surface area contributed by atoms with Gasteiger partial charge in [0.2, 0.25) is 5.13 Å². The van der Waals surface area contributed by atoms with Gasteiger partial charge in [0.15, 0.2) is 11.6 Å². The molecule has 0 spiro atoms. The fourth-order valence-corrected chi connectivity index (χ4v) is 3.06. The first-order valence-corrected chi connectivity index (χ1v) is 7.56. The molecule has 0 radical (unpaired) electrons. The third-order valence-corrected chi connectivity index (χ3v) is 4.29. The third kappa shape index (κ3) is 3.29. The van der Waals surface area contributed by atoms with E-state index in [0.717, 1.165) is 43.0 Å². The van der Waals surface area contributed by atoms with Crippen LogP contribution >= 0.6 is 11.5 Å². The average Bonchev–Trinajstić information content (AvgIpc) is 2.89. The molecule has 2 aromatic rings. The Morgan fingerprint density at radius 3 is 2.67 bits per heavy atom. The van der Waals surface area contributed by atoms with Crippen LogP contribution < -0.4 is 9.64 Å². The first kappa shape index (κ1) is 14.2. The van der Waals surface area contributed by atoms with E-state index < -0.39 is 11.6 Å². The summed E-state index contributed by atoms with van der Waals surface area (Å²) in [4.78, 5) is 6.52. The minimum atomic E-state index is -0.655. The van der Waals surface area contributed by atoms with Crippen molar-refractivity contribution in [2.45, 2.75) is 25.9 Å². The summed E-state index contributed by atoms with van der Waals surface area (Å²) in [5.74, 6) is -0.359. The Morgan fingerprint density at radius 2 is 2.05 bits per heavy atom. The quantitative estimate of drug-likeness (QED) is 0.872. The molecule has 1 aromatic carbocycles. The van der Waals surface area contributed by atoms with Gasteiger partial charge in [0.05, 0.1) is 0 Å². The second kappa shape index (κ2) is 5.93. The summed E-state index contributed by atoms with van der Waals surface area (Å²) >= 11 is 1.39. The van der Waals surface area contributed by atoms with Crippen LogP contribution in [-0.2, 0) is 0 Å². The minimum absolute atomic E-state index is 0.0600. The van der Waals surface area contributed by atoms with Crippen molar-refractivity contribution in [1.82, 2.24) is 9.36 Å². The highest BCUT2D eigenvalue weighted by molar-refractivity contribution is 7.09. The molecule has 1 fully saturated rings. The number of ether oxygens (including phenoxy) is 1. The highest BCUT2D eigenvalue weighted by Crippen LogP contribution is 2.26. The smallest absolute Gasteiger partial charge is 0.205 e. The third-order valence-electron chi connectivity index (χ3n) is 3.42. The zero-order valence-corrected chi connectivity index (χ0v) is 12.4. The molecule has 0 atom stereocenters. The highest BCUT2D eigenvalue weighted by atomic mass is 32.1.